The molecule has 2 heterocycles. The van der Waals surface area contributed by atoms with Gasteiger partial charge in [0.1, 0.15) is 5.82 Å². The third kappa shape index (κ3) is 5.14. The summed E-state index contributed by atoms with van der Waals surface area (Å²) in [7, 11) is 3.69. The van der Waals surface area contributed by atoms with Crippen LogP contribution in [0.2, 0.25) is 0 Å². The zero-order chi connectivity index (χ0) is 25.4. The van der Waals surface area contributed by atoms with Crippen molar-refractivity contribution in [1.82, 2.24) is 15.0 Å². The monoisotopic (exact) mass is 484 g/mol. The molecular weight excluding hydrogens is 453 g/mol. The third-order valence-electron chi connectivity index (χ3n) is 6.11. The Balaban J connectivity index is 1.86. The minimum Gasteiger partial charge on any atom is -0.381 e. The van der Waals surface area contributed by atoms with Crippen LogP contribution >= 0.6 is 0 Å². The molecule has 3 aromatic rings. The molecule has 0 saturated carbocycles. The number of nitrogens with one attached hydrogen (secondary N) is 3. The normalized spacial score (nSPS) is 16.9. The number of halogens is 3. The number of benzene rings is 2. The van der Waals surface area contributed by atoms with Crippen molar-refractivity contribution >= 4 is 23.0 Å². The van der Waals surface area contributed by atoms with Crippen molar-refractivity contribution in [1.29, 1.82) is 0 Å². The quantitative estimate of drug-likeness (QED) is 0.450. The van der Waals surface area contributed by atoms with Crippen LogP contribution in [0, 0.1) is 6.92 Å². The van der Waals surface area contributed by atoms with Crippen molar-refractivity contribution in [2.24, 2.45) is 4.99 Å². The summed E-state index contributed by atoms with van der Waals surface area (Å²) >= 11 is 0. The first-order chi connectivity index (χ1) is 16.5. The van der Waals surface area contributed by atoms with Crippen LogP contribution < -0.4 is 16.1 Å². The second-order valence-corrected chi connectivity index (χ2v) is 9.41. The summed E-state index contributed by atoms with van der Waals surface area (Å²) in [6.07, 6.45) is -4.36. The molecule has 186 valence electrons. The molecule has 3 N–H and O–H groups in total. The Morgan fingerprint density at radius 2 is 1.71 bits per heavy atom. The highest BCUT2D eigenvalue weighted by molar-refractivity contribution is 6.09. The van der Waals surface area contributed by atoms with Gasteiger partial charge in [-0.15, -0.1) is 0 Å². The average molecular weight is 485 g/mol. The molecule has 0 spiro atoms. The maximum Gasteiger partial charge on any atom is 0.416 e. The molecule has 35 heavy (non-hydrogen) atoms. The van der Waals surface area contributed by atoms with E-state index in [4.69, 9.17) is 0 Å². The van der Waals surface area contributed by atoms with Crippen LogP contribution in [0.25, 0.3) is 0 Å². The number of amidine groups is 1. The van der Waals surface area contributed by atoms with Gasteiger partial charge in [-0.05, 0) is 50.6 Å². The van der Waals surface area contributed by atoms with Gasteiger partial charge >= 0.3 is 6.18 Å². The van der Waals surface area contributed by atoms with E-state index in [0.717, 1.165) is 52.0 Å². The van der Waals surface area contributed by atoms with E-state index in [1.54, 1.807) is 7.05 Å². The molecule has 0 radical (unpaired) electrons. The van der Waals surface area contributed by atoms with E-state index in [1.807, 2.05) is 49.3 Å². The Bertz CT molecular complexity index is 1210. The lowest BCUT2D eigenvalue weighted by atomic mass is 10.0. The molecule has 6 nitrogen and oxygen atoms in total. The fourth-order valence-corrected chi connectivity index (χ4v) is 4.42. The summed E-state index contributed by atoms with van der Waals surface area (Å²) in [5, 5.41) is 9.06. The van der Waals surface area contributed by atoms with Crippen LogP contribution in [-0.2, 0) is 12.7 Å². The van der Waals surface area contributed by atoms with Gasteiger partial charge in [0, 0.05) is 44.1 Å². The van der Waals surface area contributed by atoms with Crippen LogP contribution in [-0.4, -0.2) is 41.6 Å². The lowest BCUT2D eigenvalue weighted by Crippen LogP contribution is -2.56. The zero-order valence-corrected chi connectivity index (χ0v) is 20.6. The molecule has 4 rings (SSSR count). The van der Waals surface area contributed by atoms with Gasteiger partial charge in [-0.3, -0.25) is 10.0 Å². The number of hydrogen-bond acceptors (Lipinski definition) is 4. The first kappa shape index (κ1) is 24.7. The SMILES string of the molecule is CN=C1c2c(c(C)n(Cc3ccc(C(F)(F)F)cc3)c2Nc2ccccc2)NCC(C)(C)NN1C. The van der Waals surface area contributed by atoms with Gasteiger partial charge in [0.05, 0.1) is 16.8 Å². The number of nitrogens with zero attached hydrogens (tertiary/aromatic N) is 3. The van der Waals surface area contributed by atoms with Gasteiger partial charge in [0.15, 0.2) is 5.84 Å². The maximum absolute atomic E-state index is 13.1. The van der Waals surface area contributed by atoms with Gasteiger partial charge < -0.3 is 15.2 Å². The van der Waals surface area contributed by atoms with E-state index in [9.17, 15) is 13.2 Å². The van der Waals surface area contributed by atoms with Gasteiger partial charge in [0.2, 0.25) is 0 Å². The lowest BCUT2D eigenvalue weighted by molar-refractivity contribution is -0.137. The minimum absolute atomic E-state index is 0.239. The van der Waals surface area contributed by atoms with Gasteiger partial charge in [-0.2, -0.15) is 13.2 Å². The number of anilines is 3. The summed E-state index contributed by atoms with van der Waals surface area (Å²) < 4.78 is 41.3. The number of fused-ring (bicyclic) bond motifs is 1. The highest BCUT2D eigenvalue weighted by Gasteiger charge is 2.33. The van der Waals surface area contributed by atoms with Gasteiger partial charge in [-0.25, -0.2) is 5.43 Å². The molecule has 0 amide bonds. The highest BCUT2D eigenvalue weighted by atomic mass is 19.4. The molecule has 2 aromatic carbocycles. The molecule has 0 aliphatic carbocycles. The van der Waals surface area contributed by atoms with Crippen molar-refractivity contribution in [2.75, 3.05) is 31.3 Å². The Morgan fingerprint density at radius 3 is 2.31 bits per heavy atom. The summed E-state index contributed by atoms with van der Waals surface area (Å²) in [6, 6.07) is 15.1. The van der Waals surface area contributed by atoms with Crippen LogP contribution in [0.5, 0.6) is 0 Å². The Labute approximate surface area is 203 Å². The van der Waals surface area contributed by atoms with Crippen molar-refractivity contribution < 1.29 is 13.2 Å². The molecule has 9 heteroatoms. The van der Waals surface area contributed by atoms with Crippen molar-refractivity contribution in [3.8, 4) is 0 Å². The first-order valence-corrected chi connectivity index (χ1v) is 11.4. The van der Waals surface area contributed by atoms with E-state index in [0.29, 0.717) is 13.1 Å². The smallest absolute Gasteiger partial charge is 0.381 e. The molecule has 0 fully saturated rings. The fourth-order valence-electron chi connectivity index (χ4n) is 4.42. The Kier molecular flexibility index (Phi) is 6.55. The summed E-state index contributed by atoms with van der Waals surface area (Å²) in [5.41, 5.74) is 7.06. The van der Waals surface area contributed by atoms with Gasteiger partial charge in [-0.1, -0.05) is 30.3 Å². The number of hydrogen-bond donors (Lipinski definition) is 3. The second kappa shape index (κ2) is 9.30. The lowest BCUT2D eigenvalue weighted by Gasteiger charge is -2.36. The minimum atomic E-state index is -4.36. The van der Waals surface area contributed by atoms with E-state index >= 15 is 0 Å². The van der Waals surface area contributed by atoms with E-state index in [-0.39, 0.29) is 5.54 Å². The van der Waals surface area contributed by atoms with E-state index in [1.165, 1.54) is 12.1 Å². The molecule has 1 aromatic heterocycles. The maximum atomic E-state index is 13.1. The van der Waals surface area contributed by atoms with Crippen molar-refractivity contribution in [3.63, 3.8) is 0 Å². The number of aliphatic imine (C=N–C) groups is 1. The molecule has 0 saturated heterocycles. The summed E-state index contributed by atoms with van der Waals surface area (Å²) in [5.74, 6) is 1.55. The zero-order valence-electron chi connectivity index (χ0n) is 20.6. The van der Waals surface area contributed by atoms with Crippen molar-refractivity contribution in [2.45, 2.75) is 39.0 Å². The number of rotatable bonds is 4. The third-order valence-corrected chi connectivity index (χ3v) is 6.11. The first-order valence-electron chi connectivity index (χ1n) is 11.4. The molecule has 1 aliphatic heterocycles. The van der Waals surface area contributed by atoms with Crippen LogP contribution in [0.15, 0.2) is 59.6 Å². The Morgan fingerprint density at radius 1 is 1.06 bits per heavy atom. The summed E-state index contributed by atoms with van der Waals surface area (Å²) in [6.45, 7) is 7.28. The topological polar surface area (TPSA) is 56.6 Å². The van der Waals surface area contributed by atoms with E-state index in [2.05, 4.69) is 39.5 Å². The number of alkyl halides is 3. The molecule has 0 bridgehead atoms. The summed E-state index contributed by atoms with van der Waals surface area (Å²) in [4.78, 5) is 4.60. The highest BCUT2D eigenvalue weighted by Crippen LogP contribution is 2.37. The largest absolute Gasteiger partial charge is 0.416 e. The van der Waals surface area contributed by atoms with Crippen molar-refractivity contribution in [3.05, 3.63) is 77.0 Å². The molecule has 0 unspecified atom stereocenters. The average Bonchev–Trinajstić information content (AvgIpc) is 3.03. The van der Waals surface area contributed by atoms with E-state index < -0.39 is 11.7 Å². The number of hydrazine groups is 1. The standard InChI is InChI=1S/C26H31F3N6/c1-17-22-21(23(30-4)34(5)33-25(2,3)16-31-22)24(32-20-9-7-6-8-10-20)35(17)15-18-11-13-19(14-12-18)26(27,28)29/h6-14,31-33H,15-16H2,1-5H3. The molecule has 1 aliphatic rings. The predicted molar refractivity (Wildman–Crippen MR) is 135 cm³/mol. The van der Waals surface area contributed by atoms with Crippen LogP contribution in [0.1, 0.15) is 36.2 Å². The predicted octanol–water partition coefficient (Wildman–Crippen LogP) is 5.62. The van der Waals surface area contributed by atoms with Crippen LogP contribution in [0.3, 0.4) is 0 Å². The van der Waals surface area contributed by atoms with Gasteiger partial charge in [0.25, 0.3) is 0 Å². The van der Waals surface area contributed by atoms with Crippen LogP contribution in [0.4, 0.5) is 30.4 Å². The molecular formula is C26H31F3N6. The second-order valence-electron chi connectivity index (χ2n) is 9.41. The Hall–Kier alpha value is -3.46. The number of para-hydroxylation sites is 1. The number of aromatic nitrogens is 1. The fraction of sp³-hybridized carbons (Fsp3) is 0.346. The molecule has 0 atom stereocenters.